The average molecular weight is 382 g/mol. The maximum Gasteiger partial charge on any atom is 0.338 e. The maximum atomic E-state index is 12.3. The Morgan fingerprint density at radius 3 is 1.82 bits per heavy atom. The Hall–Kier alpha value is -3.15. The van der Waals surface area contributed by atoms with Crippen LogP contribution >= 0.6 is 0 Å². The topological polar surface area (TPSA) is 84.5 Å². The summed E-state index contributed by atoms with van der Waals surface area (Å²) in [6.07, 6.45) is -0.954. The van der Waals surface area contributed by atoms with Gasteiger partial charge in [-0.3, -0.25) is 9.59 Å². The largest absolute Gasteiger partial charge is 0.449 e. The second kappa shape index (κ2) is 8.69. The van der Waals surface area contributed by atoms with Crippen LogP contribution in [0.2, 0.25) is 0 Å². The minimum absolute atomic E-state index is 0.00883. The fourth-order valence-electron chi connectivity index (χ4n) is 2.47. The second-order valence-corrected chi connectivity index (χ2v) is 7.62. The highest BCUT2D eigenvalue weighted by molar-refractivity contribution is 5.97. The Kier molecular flexibility index (Phi) is 6.57. The van der Waals surface area contributed by atoms with E-state index in [1.807, 2.05) is 12.1 Å². The van der Waals surface area contributed by atoms with Crippen molar-refractivity contribution in [2.75, 3.05) is 10.6 Å². The number of hydrogen-bond donors (Lipinski definition) is 2. The van der Waals surface area contributed by atoms with E-state index in [2.05, 4.69) is 31.4 Å². The van der Waals surface area contributed by atoms with Gasteiger partial charge < -0.3 is 15.4 Å². The van der Waals surface area contributed by atoms with Gasteiger partial charge in [0.1, 0.15) is 0 Å². The summed E-state index contributed by atoms with van der Waals surface area (Å²) in [6, 6.07) is 13.8. The standard InChI is InChI=1S/C22H26N2O4/c1-14(20(26)24-19-12-10-18(11-13-19)23-15(2)25)28-21(27)16-6-8-17(9-7-16)22(3,4)5/h6-14H,1-5H3,(H,23,25)(H,24,26). The van der Waals surface area contributed by atoms with Gasteiger partial charge >= 0.3 is 5.97 Å². The molecule has 0 spiro atoms. The molecule has 0 aliphatic rings. The highest BCUT2D eigenvalue weighted by Gasteiger charge is 2.20. The zero-order valence-corrected chi connectivity index (χ0v) is 16.8. The Balaban J connectivity index is 1.94. The summed E-state index contributed by atoms with van der Waals surface area (Å²) >= 11 is 0. The summed E-state index contributed by atoms with van der Waals surface area (Å²) in [7, 11) is 0. The molecule has 2 aromatic rings. The molecular weight excluding hydrogens is 356 g/mol. The van der Waals surface area contributed by atoms with E-state index in [-0.39, 0.29) is 11.3 Å². The molecule has 1 unspecified atom stereocenters. The quantitative estimate of drug-likeness (QED) is 0.762. The Labute approximate surface area is 165 Å². The van der Waals surface area contributed by atoms with E-state index in [0.29, 0.717) is 16.9 Å². The predicted molar refractivity (Wildman–Crippen MR) is 109 cm³/mol. The van der Waals surface area contributed by atoms with Crippen LogP contribution in [-0.2, 0) is 19.7 Å². The molecule has 28 heavy (non-hydrogen) atoms. The van der Waals surface area contributed by atoms with E-state index in [0.717, 1.165) is 5.56 Å². The van der Waals surface area contributed by atoms with Gasteiger partial charge in [0.25, 0.3) is 5.91 Å². The van der Waals surface area contributed by atoms with Crippen molar-refractivity contribution in [3.8, 4) is 0 Å². The summed E-state index contributed by atoms with van der Waals surface area (Å²) in [5.41, 5.74) is 2.66. The number of rotatable bonds is 5. The lowest BCUT2D eigenvalue weighted by atomic mass is 9.87. The number of esters is 1. The summed E-state index contributed by atoms with van der Waals surface area (Å²) in [4.78, 5) is 35.6. The van der Waals surface area contributed by atoms with Crippen molar-refractivity contribution in [2.45, 2.75) is 46.1 Å². The molecule has 2 aromatic carbocycles. The van der Waals surface area contributed by atoms with Gasteiger partial charge in [-0.25, -0.2) is 4.79 Å². The van der Waals surface area contributed by atoms with Crippen LogP contribution in [0.3, 0.4) is 0 Å². The lowest BCUT2D eigenvalue weighted by Crippen LogP contribution is -2.30. The van der Waals surface area contributed by atoms with Crippen molar-refractivity contribution >= 4 is 29.2 Å². The highest BCUT2D eigenvalue weighted by atomic mass is 16.5. The van der Waals surface area contributed by atoms with E-state index >= 15 is 0 Å². The smallest absolute Gasteiger partial charge is 0.338 e. The molecule has 0 aliphatic carbocycles. The molecule has 0 heterocycles. The zero-order valence-electron chi connectivity index (χ0n) is 16.8. The van der Waals surface area contributed by atoms with Crippen LogP contribution in [0.4, 0.5) is 11.4 Å². The van der Waals surface area contributed by atoms with Crippen molar-refractivity contribution in [2.24, 2.45) is 0 Å². The first-order valence-corrected chi connectivity index (χ1v) is 9.06. The molecule has 2 N–H and O–H groups in total. The van der Waals surface area contributed by atoms with Crippen LogP contribution in [0, 0.1) is 0 Å². The number of nitrogens with one attached hydrogen (secondary N) is 2. The van der Waals surface area contributed by atoms with Crippen LogP contribution in [0.5, 0.6) is 0 Å². The molecule has 0 aromatic heterocycles. The maximum absolute atomic E-state index is 12.3. The predicted octanol–water partition coefficient (Wildman–Crippen LogP) is 4.13. The Morgan fingerprint density at radius 1 is 0.857 bits per heavy atom. The third-order valence-electron chi connectivity index (χ3n) is 4.11. The normalized spacial score (nSPS) is 12.0. The van der Waals surface area contributed by atoms with Crippen molar-refractivity contribution in [3.63, 3.8) is 0 Å². The van der Waals surface area contributed by atoms with Crippen LogP contribution in [-0.4, -0.2) is 23.9 Å². The summed E-state index contributed by atoms with van der Waals surface area (Å²) in [6.45, 7) is 9.21. The first kappa shape index (κ1) is 21.2. The Morgan fingerprint density at radius 2 is 1.36 bits per heavy atom. The van der Waals surface area contributed by atoms with Crippen LogP contribution < -0.4 is 10.6 Å². The van der Waals surface area contributed by atoms with Gasteiger partial charge in [-0.1, -0.05) is 32.9 Å². The van der Waals surface area contributed by atoms with E-state index in [9.17, 15) is 14.4 Å². The second-order valence-electron chi connectivity index (χ2n) is 7.62. The van der Waals surface area contributed by atoms with Crippen molar-refractivity contribution in [1.29, 1.82) is 0 Å². The first-order valence-electron chi connectivity index (χ1n) is 9.06. The van der Waals surface area contributed by atoms with Crippen LogP contribution in [0.15, 0.2) is 48.5 Å². The molecule has 148 valence electrons. The molecule has 0 radical (unpaired) electrons. The first-order chi connectivity index (χ1) is 13.1. The van der Waals surface area contributed by atoms with Crippen molar-refractivity contribution in [3.05, 3.63) is 59.7 Å². The molecule has 0 aliphatic heterocycles. The third kappa shape index (κ3) is 5.94. The molecule has 0 saturated heterocycles. The van der Waals surface area contributed by atoms with E-state index in [4.69, 9.17) is 4.74 Å². The molecule has 0 saturated carbocycles. The fraction of sp³-hybridized carbons (Fsp3) is 0.318. The minimum Gasteiger partial charge on any atom is -0.449 e. The molecule has 0 fully saturated rings. The zero-order chi connectivity index (χ0) is 20.9. The van der Waals surface area contributed by atoms with E-state index in [1.165, 1.54) is 13.8 Å². The minimum atomic E-state index is -0.954. The summed E-state index contributed by atoms with van der Waals surface area (Å²) in [5, 5.41) is 5.32. The van der Waals surface area contributed by atoms with E-state index < -0.39 is 18.0 Å². The van der Waals surface area contributed by atoms with Gasteiger partial charge in [0.2, 0.25) is 5.91 Å². The number of benzene rings is 2. The summed E-state index contributed by atoms with van der Waals surface area (Å²) < 4.78 is 5.26. The van der Waals surface area contributed by atoms with E-state index in [1.54, 1.807) is 36.4 Å². The molecule has 0 bridgehead atoms. The molecule has 6 nitrogen and oxygen atoms in total. The van der Waals surface area contributed by atoms with Gasteiger partial charge in [0, 0.05) is 18.3 Å². The summed E-state index contributed by atoms with van der Waals surface area (Å²) in [5.74, 6) is -1.16. The molecule has 2 amide bonds. The number of amides is 2. The third-order valence-corrected chi connectivity index (χ3v) is 4.11. The van der Waals surface area contributed by atoms with Crippen molar-refractivity contribution < 1.29 is 19.1 Å². The number of anilines is 2. The SMILES string of the molecule is CC(=O)Nc1ccc(NC(=O)C(C)OC(=O)c2ccc(C(C)(C)C)cc2)cc1. The lowest BCUT2D eigenvalue weighted by Gasteiger charge is -2.19. The van der Waals surface area contributed by atoms with Crippen LogP contribution in [0.1, 0.15) is 50.5 Å². The average Bonchev–Trinajstić information content (AvgIpc) is 2.62. The number of hydrogen-bond acceptors (Lipinski definition) is 4. The van der Waals surface area contributed by atoms with Crippen molar-refractivity contribution in [1.82, 2.24) is 0 Å². The number of carbonyl (C=O) groups excluding carboxylic acids is 3. The van der Waals surface area contributed by atoms with Crippen LogP contribution in [0.25, 0.3) is 0 Å². The van der Waals surface area contributed by atoms with Gasteiger partial charge in [-0.15, -0.1) is 0 Å². The Bertz CT molecular complexity index is 850. The van der Waals surface area contributed by atoms with Gasteiger partial charge in [-0.2, -0.15) is 0 Å². The van der Waals surface area contributed by atoms with Gasteiger partial charge in [0.05, 0.1) is 5.56 Å². The van der Waals surface area contributed by atoms with Gasteiger partial charge in [-0.05, 0) is 54.3 Å². The van der Waals surface area contributed by atoms with Gasteiger partial charge in [0.15, 0.2) is 6.10 Å². The monoisotopic (exact) mass is 382 g/mol. The molecule has 1 atom stereocenters. The molecular formula is C22H26N2O4. The molecule has 6 heteroatoms. The number of ether oxygens (including phenoxy) is 1. The lowest BCUT2D eigenvalue weighted by molar-refractivity contribution is -0.123. The fourth-order valence-corrected chi connectivity index (χ4v) is 2.47. The highest BCUT2D eigenvalue weighted by Crippen LogP contribution is 2.22. The molecule has 2 rings (SSSR count). The number of carbonyl (C=O) groups is 3.